The van der Waals surface area contributed by atoms with Crippen LogP contribution in [0.1, 0.15) is 20.8 Å². The Morgan fingerprint density at radius 3 is 1.82 bits per heavy atom. The minimum Gasteiger partial charge on any atom is -0.298 e. The van der Waals surface area contributed by atoms with Crippen molar-refractivity contribution in [2.24, 2.45) is 0 Å². The Bertz CT molecular complexity index is 253. The Kier molecular flexibility index (Phi) is 2.79. The van der Waals surface area contributed by atoms with Crippen molar-refractivity contribution in [2.45, 2.75) is 26.3 Å². The van der Waals surface area contributed by atoms with Crippen LogP contribution in [0.25, 0.3) is 0 Å². The van der Waals surface area contributed by atoms with Crippen LogP contribution in [0.15, 0.2) is 0 Å². The summed E-state index contributed by atoms with van der Waals surface area (Å²) in [5.41, 5.74) is -0.992. The Morgan fingerprint density at radius 2 is 1.73 bits per heavy atom. The summed E-state index contributed by atoms with van der Waals surface area (Å²) in [6.45, 7) is 4.39. The van der Waals surface area contributed by atoms with E-state index in [9.17, 15) is 13.2 Å². The van der Waals surface area contributed by atoms with Crippen LogP contribution in [-0.2, 0) is 14.8 Å². The molecule has 11 heavy (non-hydrogen) atoms. The van der Waals surface area contributed by atoms with Crippen molar-refractivity contribution in [2.75, 3.05) is 6.26 Å². The van der Waals surface area contributed by atoms with Gasteiger partial charge in [-0.1, -0.05) is 0 Å². The maximum absolute atomic E-state index is 10.8. The van der Waals surface area contributed by atoms with Crippen LogP contribution in [0, 0.1) is 0 Å². The number of Topliss-reactive ketones (excluding diaryl/α,β-unsaturated/α-hetero) is 1. The molecule has 66 valence electrons. The largest absolute Gasteiger partial charge is 0.298 e. The summed E-state index contributed by atoms with van der Waals surface area (Å²) in [4.78, 5) is 10.8. The zero-order chi connectivity index (χ0) is 9.28. The van der Waals surface area contributed by atoms with Gasteiger partial charge in [-0.25, -0.2) is 13.1 Å². The summed E-state index contributed by atoms with van der Waals surface area (Å²) in [6, 6.07) is 0. The fraction of sp³-hybridized carbons (Fsp3) is 0.833. The lowest BCUT2D eigenvalue weighted by Crippen LogP contribution is -2.48. The summed E-state index contributed by atoms with van der Waals surface area (Å²) in [5, 5.41) is 0. The molecule has 0 aromatic heterocycles. The molecule has 0 bridgehead atoms. The molecule has 0 saturated carbocycles. The molecule has 0 spiro atoms. The average molecular weight is 179 g/mol. The fourth-order valence-electron chi connectivity index (χ4n) is 0.535. The molecule has 0 atom stereocenters. The second-order valence-corrected chi connectivity index (χ2v) is 4.80. The Labute approximate surface area is 67.0 Å². The van der Waals surface area contributed by atoms with Gasteiger partial charge in [0.15, 0.2) is 0 Å². The van der Waals surface area contributed by atoms with E-state index >= 15 is 0 Å². The van der Waals surface area contributed by atoms with Gasteiger partial charge in [0.1, 0.15) is 5.78 Å². The zero-order valence-electron chi connectivity index (χ0n) is 7.13. The van der Waals surface area contributed by atoms with Crippen molar-refractivity contribution in [3.8, 4) is 0 Å². The third-order valence-electron chi connectivity index (χ3n) is 1.32. The molecule has 0 aliphatic heterocycles. The molecule has 0 aromatic carbocycles. The first-order valence-electron chi connectivity index (χ1n) is 3.15. The maximum Gasteiger partial charge on any atom is 0.209 e. The van der Waals surface area contributed by atoms with Gasteiger partial charge in [-0.2, -0.15) is 0 Å². The van der Waals surface area contributed by atoms with E-state index in [1.54, 1.807) is 0 Å². The van der Waals surface area contributed by atoms with Crippen molar-refractivity contribution in [3.63, 3.8) is 0 Å². The topological polar surface area (TPSA) is 63.2 Å². The van der Waals surface area contributed by atoms with E-state index < -0.39 is 15.6 Å². The van der Waals surface area contributed by atoms with E-state index in [2.05, 4.69) is 4.72 Å². The second kappa shape index (κ2) is 2.91. The summed E-state index contributed by atoms with van der Waals surface area (Å²) in [5.74, 6) is -0.206. The standard InChI is InChI=1S/C6H13NO3S/c1-5(8)6(2,3)7-11(4,9)10/h7H,1-4H3. The van der Waals surface area contributed by atoms with Gasteiger partial charge in [0, 0.05) is 0 Å². The summed E-state index contributed by atoms with van der Waals surface area (Å²) >= 11 is 0. The van der Waals surface area contributed by atoms with Crippen LogP contribution >= 0.6 is 0 Å². The molecule has 0 heterocycles. The van der Waals surface area contributed by atoms with Crippen LogP contribution in [0.4, 0.5) is 0 Å². The van der Waals surface area contributed by atoms with Gasteiger partial charge in [0.05, 0.1) is 11.8 Å². The van der Waals surface area contributed by atoms with E-state index in [4.69, 9.17) is 0 Å². The molecule has 0 aliphatic carbocycles. The molecule has 0 saturated heterocycles. The summed E-state index contributed by atoms with van der Waals surface area (Å²) in [6.07, 6.45) is 1.03. The lowest BCUT2D eigenvalue weighted by Gasteiger charge is -2.20. The van der Waals surface area contributed by atoms with Gasteiger partial charge in [-0.3, -0.25) is 4.79 Å². The van der Waals surface area contributed by atoms with Gasteiger partial charge in [0.25, 0.3) is 0 Å². The number of rotatable bonds is 3. The quantitative estimate of drug-likeness (QED) is 0.658. The van der Waals surface area contributed by atoms with Gasteiger partial charge in [0.2, 0.25) is 10.0 Å². The Morgan fingerprint density at radius 1 is 1.36 bits per heavy atom. The highest BCUT2D eigenvalue weighted by molar-refractivity contribution is 7.88. The number of hydrogen-bond donors (Lipinski definition) is 1. The lowest BCUT2D eigenvalue weighted by atomic mass is 10.0. The van der Waals surface area contributed by atoms with Gasteiger partial charge in [-0.05, 0) is 20.8 Å². The molecule has 0 radical (unpaired) electrons. The van der Waals surface area contributed by atoms with Crippen molar-refractivity contribution >= 4 is 15.8 Å². The van der Waals surface area contributed by atoms with Crippen molar-refractivity contribution in [1.82, 2.24) is 4.72 Å². The number of ketones is 1. The number of carbonyl (C=O) groups excluding carboxylic acids is 1. The predicted molar refractivity (Wildman–Crippen MR) is 42.7 cm³/mol. The van der Waals surface area contributed by atoms with Crippen molar-refractivity contribution < 1.29 is 13.2 Å². The van der Waals surface area contributed by atoms with Crippen LogP contribution in [0.5, 0.6) is 0 Å². The molecule has 0 unspecified atom stereocenters. The maximum atomic E-state index is 10.8. The molecule has 0 aromatic rings. The SMILES string of the molecule is CC(=O)C(C)(C)NS(C)(=O)=O. The minimum absolute atomic E-state index is 0.206. The van der Waals surface area contributed by atoms with Crippen molar-refractivity contribution in [3.05, 3.63) is 0 Å². The van der Waals surface area contributed by atoms with E-state index in [0.717, 1.165) is 6.26 Å². The summed E-state index contributed by atoms with van der Waals surface area (Å²) in [7, 11) is -3.30. The van der Waals surface area contributed by atoms with Crippen molar-refractivity contribution in [1.29, 1.82) is 0 Å². The molecule has 0 aliphatic rings. The van der Waals surface area contributed by atoms with Crippen LogP contribution in [0.3, 0.4) is 0 Å². The van der Waals surface area contributed by atoms with E-state index in [0.29, 0.717) is 0 Å². The first-order valence-corrected chi connectivity index (χ1v) is 5.04. The van der Waals surface area contributed by atoms with E-state index in [1.165, 1.54) is 20.8 Å². The molecule has 0 rings (SSSR count). The number of nitrogens with one attached hydrogen (secondary N) is 1. The Balaban J connectivity index is 4.51. The third kappa shape index (κ3) is 4.10. The molecule has 5 heteroatoms. The zero-order valence-corrected chi connectivity index (χ0v) is 7.95. The number of carbonyl (C=O) groups is 1. The van der Waals surface area contributed by atoms with Gasteiger partial charge >= 0.3 is 0 Å². The average Bonchev–Trinajstić information content (AvgIpc) is 1.56. The summed E-state index contributed by atoms with van der Waals surface area (Å²) < 4.78 is 23.6. The molecule has 1 N–H and O–H groups in total. The van der Waals surface area contributed by atoms with Gasteiger partial charge < -0.3 is 0 Å². The highest BCUT2D eigenvalue weighted by Crippen LogP contribution is 2.04. The Hall–Kier alpha value is -0.420. The predicted octanol–water partition coefficient (Wildman–Crippen LogP) is -0.0968. The highest BCUT2D eigenvalue weighted by Gasteiger charge is 2.26. The van der Waals surface area contributed by atoms with Crippen LogP contribution in [-0.4, -0.2) is 26.0 Å². The molecule has 4 nitrogen and oxygen atoms in total. The van der Waals surface area contributed by atoms with E-state index in [-0.39, 0.29) is 5.78 Å². The minimum atomic E-state index is -3.30. The monoisotopic (exact) mass is 179 g/mol. The molecular weight excluding hydrogens is 166 g/mol. The number of sulfonamides is 1. The number of hydrogen-bond acceptors (Lipinski definition) is 3. The molecular formula is C6H13NO3S. The normalized spacial score (nSPS) is 13.1. The van der Waals surface area contributed by atoms with Crippen LogP contribution in [0.2, 0.25) is 0 Å². The highest BCUT2D eigenvalue weighted by atomic mass is 32.2. The molecule has 0 amide bonds. The smallest absolute Gasteiger partial charge is 0.209 e. The fourth-order valence-corrected chi connectivity index (χ4v) is 1.61. The molecule has 0 fully saturated rings. The van der Waals surface area contributed by atoms with Gasteiger partial charge in [-0.15, -0.1) is 0 Å². The second-order valence-electron chi connectivity index (χ2n) is 3.06. The van der Waals surface area contributed by atoms with Crippen LogP contribution < -0.4 is 4.72 Å². The van der Waals surface area contributed by atoms with E-state index in [1.807, 2.05) is 0 Å². The lowest BCUT2D eigenvalue weighted by molar-refractivity contribution is -0.121. The third-order valence-corrected chi connectivity index (χ3v) is 2.20. The first-order chi connectivity index (χ1) is 4.65. The first kappa shape index (κ1) is 10.6.